The van der Waals surface area contributed by atoms with Gasteiger partial charge < -0.3 is 23.7 Å². The molecule has 0 aromatic heterocycles. The van der Waals surface area contributed by atoms with Crippen molar-refractivity contribution in [3.05, 3.63) is 0 Å². The summed E-state index contributed by atoms with van der Waals surface area (Å²) in [5.41, 5.74) is 0. The molecular formula is C13H25ClO5. The molecule has 19 heavy (non-hydrogen) atoms. The molecule has 3 unspecified atom stereocenters. The summed E-state index contributed by atoms with van der Waals surface area (Å²) in [5, 5.41) is 0.0554. The first-order valence-corrected chi connectivity index (χ1v) is 7.16. The van der Waals surface area contributed by atoms with Gasteiger partial charge >= 0.3 is 0 Å². The highest BCUT2D eigenvalue weighted by atomic mass is 35.5. The zero-order valence-electron chi connectivity index (χ0n) is 11.8. The highest BCUT2D eigenvalue weighted by Crippen LogP contribution is 2.31. The molecule has 0 N–H and O–H groups in total. The van der Waals surface area contributed by atoms with Gasteiger partial charge in [-0.1, -0.05) is 0 Å². The second kappa shape index (κ2) is 10.8. The van der Waals surface area contributed by atoms with E-state index in [4.69, 9.17) is 35.3 Å². The molecule has 114 valence electrons. The summed E-state index contributed by atoms with van der Waals surface area (Å²) < 4.78 is 26.5. The average Bonchev–Trinajstić information content (AvgIpc) is 2.41. The second-order valence-corrected chi connectivity index (χ2v) is 5.01. The summed E-state index contributed by atoms with van der Waals surface area (Å²) in [6.07, 6.45) is 1.83. The number of halogens is 1. The van der Waals surface area contributed by atoms with Crippen molar-refractivity contribution in [2.75, 3.05) is 53.9 Å². The van der Waals surface area contributed by atoms with E-state index in [2.05, 4.69) is 0 Å². The fraction of sp³-hybridized carbons (Fsp3) is 1.00. The maximum atomic E-state index is 6.10. The van der Waals surface area contributed by atoms with Crippen molar-refractivity contribution >= 4 is 11.6 Å². The van der Waals surface area contributed by atoms with Crippen LogP contribution < -0.4 is 0 Å². The molecule has 0 heterocycles. The molecule has 1 fully saturated rings. The van der Waals surface area contributed by atoms with Gasteiger partial charge in [-0.2, -0.15) is 0 Å². The first-order chi connectivity index (χ1) is 9.29. The lowest BCUT2D eigenvalue weighted by Crippen LogP contribution is -2.51. The number of ether oxygens (including phenoxy) is 5. The molecule has 3 atom stereocenters. The number of alkyl halides is 1. The van der Waals surface area contributed by atoms with Gasteiger partial charge in [0.25, 0.3) is 0 Å². The third-order valence-electron chi connectivity index (χ3n) is 2.97. The van der Waals surface area contributed by atoms with Crippen LogP contribution in [0.4, 0.5) is 0 Å². The van der Waals surface area contributed by atoms with Crippen LogP contribution in [0.1, 0.15) is 12.8 Å². The van der Waals surface area contributed by atoms with Gasteiger partial charge in [0.15, 0.2) is 0 Å². The molecule has 1 saturated carbocycles. The van der Waals surface area contributed by atoms with E-state index in [-0.39, 0.29) is 17.6 Å². The lowest BCUT2D eigenvalue weighted by Gasteiger charge is -2.40. The summed E-state index contributed by atoms with van der Waals surface area (Å²) >= 11 is 6.10. The van der Waals surface area contributed by atoms with E-state index in [1.807, 2.05) is 0 Å². The minimum atomic E-state index is -0.00812. The van der Waals surface area contributed by atoms with E-state index in [1.54, 1.807) is 14.2 Å². The van der Waals surface area contributed by atoms with Crippen LogP contribution in [0.25, 0.3) is 0 Å². The summed E-state index contributed by atoms with van der Waals surface area (Å²) in [6, 6.07) is 0. The molecule has 0 radical (unpaired) electrons. The van der Waals surface area contributed by atoms with Crippen molar-refractivity contribution in [1.29, 1.82) is 0 Å². The van der Waals surface area contributed by atoms with Gasteiger partial charge in [-0.15, -0.1) is 11.6 Å². The minimum Gasteiger partial charge on any atom is -0.382 e. The highest BCUT2D eigenvalue weighted by Gasteiger charge is 2.41. The van der Waals surface area contributed by atoms with Crippen LogP contribution in [-0.2, 0) is 23.7 Å². The summed E-state index contributed by atoms with van der Waals surface area (Å²) in [6.45, 7) is 3.77. The van der Waals surface area contributed by atoms with Crippen molar-refractivity contribution < 1.29 is 23.7 Å². The smallest absolute Gasteiger partial charge is 0.100 e. The molecule has 1 aliphatic carbocycles. The Morgan fingerprint density at radius 1 is 0.895 bits per heavy atom. The molecule has 0 amide bonds. The third-order valence-corrected chi connectivity index (χ3v) is 3.40. The molecule has 0 bridgehead atoms. The molecule has 0 spiro atoms. The van der Waals surface area contributed by atoms with E-state index in [9.17, 15) is 0 Å². The number of hydrogen-bond acceptors (Lipinski definition) is 5. The molecule has 0 saturated heterocycles. The molecule has 1 aliphatic rings. The van der Waals surface area contributed by atoms with E-state index in [0.717, 1.165) is 12.8 Å². The Bertz CT molecular complexity index is 217. The third kappa shape index (κ3) is 6.88. The maximum Gasteiger partial charge on any atom is 0.100 e. The standard InChI is InChI=1S/C13H25ClO5/c1-15-6-8-17-4-3-5-18-12-10-11(14)13(12)19-9-7-16-2/h11-13H,3-10H2,1-2H3. The van der Waals surface area contributed by atoms with Crippen LogP contribution >= 0.6 is 11.6 Å². The van der Waals surface area contributed by atoms with Crippen LogP contribution in [0.15, 0.2) is 0 Å². The molecule has 0 aliphatic heterocycles. The number of hydrogen-bond donors (Lipinski definition) is 0. The number of rotatable bonds is 12. The monoisotopic (exact) mass is 296 g/mol. The van der Waals surface area contributed by atoms with Crippen molar-refractivity contribution in [1.82, 2.24) is 0 Å². The van der Waals surface area contributed by atoms with Crippen molar-refractivity contribution in [2.24, 2.45) is 0 Å². The fourth-order valence-electron chi connectivity index (χ4n) is 1.81. The summed E-state index contributed by atoms with van der Waals surface area (Å²) in [4.78, 5) is 0. The van der Waals surface area contributed by atoms with Crippen LogP contribution in [0.3, 0.4) is 0 Å². The first-order valence-electron chi connectivity index (χ1n) is 6.72. The molecule has 1 rings (SSSR count). The largest absolute Gasteiger partial charge is 0.382 e. The van der Waals surface area contributed by atoms with E-state index in [1.165, 1.54) is 0 Å². The van der Waals surface area contributed by atoms with Crippen LogP contribution in [0.2, 0.25) is 0 Å². The Morgan fingerprint density at radius 3 is 2.32 bits per heavy atom. The quantitative estimate of drug-likeness (QED) is 0.403. The van der Waals surface area contributed by atoms with Gasteiger partial charge in [-0.3, -0.25) is 0 Å². The normalized spacial score (nSPS) is 26.4. The van der Waals surface area contributed by atoms with Gasteiger partial charge in [0.2, 0.25) is 0 Å². The van der Waals surface area contributed by atoms with Gasteiger partial charge in [-0.05, 0) is 12.8 Å². The predicted molar refractivity (Wildman–Crippen MR) is 72.9 cm³/mol. The fourth-order valence-corrected chi connectivity index (χ4v) is 2.22. The number of methoxy groups -OCH3 is 2. The molecule has 6 heteroatoms. The van der Waals surface area contributed by atoms with E-state index >= 15 is 0 Å². The van der Waals surface area contributed by atoms with Crippen molar-refractivity contribution in [3.8, 4) is 0 Å². The zero-order chi connectivity index (χ0) is 13.9. The van der Waals surface area contributed by atoms with Gasteiger partial charge in [0.1, 0.15) is 6.10 Å². The van der Waals surface area contributed by atoms with Gasteiger partial charge in [0.05, 0.1) is 37.9 Å². The van der Waals surface area contributed by atoms with E-state index < -0.39 is 0 Å². The summed E-state index contributed by atoms with van der Waals surface area (Å²) in [7, 11) is 3.31. The van der Waals surface area contributed by atoms with Gasteiger partial charge in [-0.25, -0.2) is 0 Å². The maximum absolute atomic E-state index is 6.10. The van der Waals surface area contributed by atoms with Crippen LogP contribution in [-0.4, -0.2) is 71.4 Å². The van der Waals surface area contributed by atoms with E-state index in [0.29, 0.717) is 39.6 Å². The molecular weight excluding hydrogens is 272 g/mol. The topological polar surface area (TPSA) is 46.2 Å². The zero-order valence-corrected chi connectivity index (χ0v) is 12.6. The van der Waals surface area contributed by atoms with Gasteiger partial charge in [0, 0.05) is 27.4 Å². The van der Waals surface area contributed by atoms with Crippen molar-refractivity contribution in [2.45, 2.75) is 30.4 Å². The Hall–Kier alpha value is 0.0900. The lowest BCUT2D eigenvalue weighted by atomic mass is 9.91. The van der Waals surface area contributed by atoms with Crippen molar-refractivity contribution in [3.63, 3.8) is 0 Å². The minimum absolute atomic E-state index is 0.00812. The first kappa shape index (κ1) is 17.1. The Kier molecular flexibility index (Phi) is 9.77. The predicted octanol–water partition coefficient (Wildman–Crippen LogP) is 1.47. The molecule has 0 aromatic rings. The van der Waals surface area contributed by atoms with Crippen LogP contribution in [0, 0.1) is 0 Å². The molecule has 5 nitrogen and oxygen atoms in total. The Balaban J connectivity index is 1.96. The van der Waals surface area contributed by atoms with Crippen LogP contribution in [0.5, 0.6) is 0 Å². The summed E-state index contributed by atoms with van der Waals surface area (Å²) in [5.74, 6) is 0. The lowest BCUT2D eigenvalue weighted by molar-refractivity contribution is -0.131. The highest BCUT2D eigenvalue weighted by molar-refractivity contribution is 6.21. The average molecular weight is 297 g/mol. The SMILES string of the molecule is COCCOCCCOC1CC(Cl)C1OCCOC. The molecule has 0 aromatic carbocycles. The Morgan fingerprint density at radius 2 is 1.63 bits per heavy atom. The second-order valence-electron chi connectivity index (χ2n) is 4.45. The Labute approximate surface area is 120 Å².